The van der Waals surface area contributed by atoms with Crippen LogP contribution in [0.3, 0.4) is 0 Å². The number of halogens is 1. The summed E-state index contributed by atoms with van der Waals surface area (Å²) in [5.41, 5.74) is 2.17. The third-order valence-electron chi connectivity index (χ3n) is 6.59. The Balaban J connectivity index is 2.00. The second kappa shape index (κ2) is 14.9. The van der Waals surface area contributed by atoms with Gasteiger partial charge in [-0.3, -0.25) is 13.9 Å². The maximum atomic E-state index is 14.0. The van der Waals surface area contributed by atoms with Crippen LogP contribution in [0.1, 0.15) is 44.7 Å². The van der Waals surface area contributed by atoms with Crippen molar-refractivity contribution in [1.29, 1.82) is 0 Å². The highest BCUT2D eigenvalue weighted by Gasteiger charge is 2.32. The molecular weight excluding hydrogens is 562 g/mol. The molecule has 0 saturated heterocycles. The Labute approximate surface area is 248 Å². The Bertz CT molecular complexity index is 1400. The van der Waals surface area contributed by atoms with Gasteiger partial charge in [0.1, 0.15) is 18.3 Å². The van der Waals surface area contributed by atoms with Crippen molar-refractivity contribution in [1.82, 2.24) is 10.2 Å². The Hall–Kier alpha value is -3.56. The predicted octanol–water partition coefficient (Wildman–Crippen LogP) is 5.58. The van der Waals surface area contributed by atoms with Crippen LogP contribution in [0.15, 0.2) is 77.7 Å². The van der Waals surface area contributed by atoms with Crippen LogP contribution in [0.4, 0.5) is 5.69 Å². The monoisotopic (exact) mass is 599 g/mol. The molecule has 8 nitrogen and oxygen atoms in total. The van der Waals surface area contributed by atoms with E-state index < -0.39 is 28.5 Å². The second-order valence-electron chi connectivity index (χ2n) is 9.72. The molecular formula is C31H38ClN3O5S. The molecule has 1 atom stereocenters. The lowest BCUT2D eigenvalue weighted by atomic mass is 10.1. The topological polar surface area (TPSA) is 96.0 Å². The molecule has 0 aromatic heterocycles. The smallest absolute Gasteiger partial charge is 0.264 e. The van der Waals surface area contributed by atoms with E-state index in [4.69, 9.17) is 16.3 Å². The molecule has 0 aliphatic rings. The van der Waals surface area contributed by atoms with Crippen molar-refractivity contribution >= 4 is 39.1 Å². The number of carbonyl (C=O) groups is 2. The Morgan fingerprint density at radius 2 is 1.59 bits per heavy atom. The standard InChI is InChI=1S/C31H38ClN3O5S/c1-5-7-20-33-31(37)24(4)34(21-25-10-8-23(3)9-11-25)30(36)22-35(27-14-16-28(17-15-27)40-6-2)41(38,39)29-18-12-26(32)13-19-29/h8-19,24H,5-7,20-22H2,1-4H3,(H,33,37)/t24-/m0/s1. The summed E-state index contributed by atoms with van der Waals surface area (Å²) in [7, 11) is -4.18. The van der Waals surface area contributed by atoms with Crippen molar-refractivity contribution in [2.75, 3.05) is 24.0 Å². The van der Waals surface area contributed by atoms with Gasteiger partial charge in [0.25, 0.3) is 10.0 Å². The number of amides is 2. The molecule has 220 valence electrons. The number of carbonyl (C=O) groups excluding carboxylic acids is 2. The quantitative estimate of drug-likeness (QED) is 0.244. The van der Waals surface area contributed by atoms with Gasteiger partial charge in [0.2, 0.25) is 11.8 Å². The minimum atomic E-state index is -4.18. The molecule has 3 aromatic rings. The van der Waals surface area contributed by atoms with Crippen molar-refractivity contribution in [2.45, 2.75) is 58.0 Å². The summed E-state index contributed by atoms with van der Waals surface area (Å²) < 4.78 is 34.3. The fourth-order valence-corrected chi connectivity index (χ4v) is 5.69. The molecule has 0 radical (unpaired) electrons. The number of hydrogen-bond acceptors (Lipinski definition) is 5. The highest BCUT2D eigenvalue weighted by Crippen LogP contribution is 2.27. The van der Waals surface area contributed by atoms with Gasteiger partial charge in [-0.05, 0) is 81.3 Å². The third-order valence-corrected chi connectivity index (χ3v) is 8.63. The average Bonchev–Trinajstić information content (AvgIpc) is 2.96. The van der Waals surface area contributed by atoms with Gasteiger partial charge in [0, 0.05) is 18.1 Å². The Kier molecular flexibility index (Phi) is 11.6. The lowest BCUT2D eigenvalue weighted by Crippen LogP contribution is -2.51. The highest BCUT2D eigenvalue weighted by atomic mass is 35.5. The van der Waals surface area contributed by atoms with E-state index in [0.717, 1.165) is 28.3 Å². The normalized spacial score (nSPS) is 11.9. The first-order chi connectivity index (χ1) is 19.6. The number of nitrogens with one attached hydrogen (secondary N) is 1. The first-order valence-corrected chi connectivity index (χ1v) is 15.5. The number of unbranched alkanes of at least 4 members (excludes halogenated alkanes) is 1. The minimum absolute atomic E-state index is 0.0148. The van der Waals surface area contributed by atoms with Gasteiger partial charge in [-0.25, -0.2) is 8.42 Å². The van der Waals surface area contributed by atoms with Crippen molar-refractivity contribution in [3.63, 3.8) is 0 Å². The van der Waals surface area contributed by atoms with E-state index in [-0.39, 0.29) is 23.0 Å². The number of hydrogen-bond donors (Lipinski definition) is 1. The minimum Gasteiger partial charge on any atom is -0.494 e. The molecule has 41 heavy (non-hydrogen) atoms. The van der Waals surface area contributed by atoms with Crippen LogP contribution >= 0.6 is 11.6 Å². The van der Waals surface area contributed by atoms with Gasteiger partial charge in [-0.15, -0.1) is 0 Å². The first-order valence-electron chi connectivity index (χ1n) is 13.7. The number of rotatable bonds is 14. The lowest BCUT2D eigenvalue weighted by molar-refractivity contribution is -0.139. The lowest BCUT2D eigenvalue weighted by Gasteiger charge is -2.32. The summed E-state index contributed by atoms with van der Waals surface area (Å²) in [4.78, 5) is 28.4. The maximum absolute atomic E-state index is 14.0. The molecule has 0 heterocycles. The number of anilines is 1. The zero-order valence-corrected chi connectivity index (χ0v) is 25.5. The summed E-state index contributed by atoms with van der Waals surface area (Å²) in [6, 6.07) is 19.1. The second-order valence-corrected chi connectivity index (χ2v) is 12.0. The van der Waals surface area contributed by atoms with E-state index in [1.54, 1.807) is 31.2 Å². The summed E-state index contributed by atoms with van der Waals surface area (Å²) in [5.74, 6) is -0.244. The molecule has 3 aromatic carbocycles. The van der Waals surface area contributed by atoms with Gasteiger partial charge in [0.15, 0.2) is 0 Å². The van der Waals surface area contributed by atoms with Crippen molar-refractivity contribution in [2.24, 2.45) is 0 Å². The highest BCUT2D eigenvalue weighted by molar-refractivity contribution is 7.92. The van der Waals surface area contributed by atoms with Crippen LogP contribution in [0.25, 0.3) is 0 Å². The number of aryl methyl sites for hydroxylation is 1. The van der Waals surface area contributed by atoms with Crippen LogP contribution in [0, 0.1) is 6.92 Å². The van der Waals surface area contributed by atoms with E-state index in [9.17, 15) is 18.0 Å². The Morgan fingerprint density at radius 1 is 0.951 bits per heavy atom. The van der Waals surface area contributed by atoms with Gasteiger partial charge in [0.05, 0.1) is 17.2 Å². The summed E-state index contributed by atoms with van der Waals surface area (Å²) >= 11 is 6.01. The number of nitrogens with zero attached hydrogens (tertiary/aromatic N) is 2. The number of sulfonamides is 1. The molecule has 3 rings (SSSR count). The van der Waals surface area contributed by atoms with Gasteiger partial charge < -0.3 is 15.0 Å². The summed E-state index contributed by atoms with van der Waals surface area (Å²) in [5, 5.41) is 3.28. The molecule has 0 fully saturated rings. The largest absolute Gasteiger partial charge is 0.494 e. The summed E-state index contributed by atoms with van der Waals surface area (Å²) in [6.45, 7) is 8.07. The van der Waals surface area contributed by atoms with E-state index in [0.29, 0.717) is 23.9 Å². The molecule has 0 aliphatic carbocycles. The predicted molar refractivity (Wildman–Crippen MR) is 163 cm³/mol. The van der Waals surface area contributed by atoms with E-state index in [1.807, 2.05) is 45.0 Å². The van der Waals surface area contributed by atoms with Gasteiger partial charge >= 0.3 is 0 Å². The molecule has 0 spiro atoms. The molecule has 2 amide bonds. The van der Waals surface area contributed by atoms with Crippen molar-refractivity contribution < 1.29 is 22.7 Å². The van der Waals surface area contributed by atoms with Crippen LogP contribution in [0.2, 0.25) is 5.02 Å². The zero-order valence-electron chi connectivity index (χ0n) is 24.0. The number of ether oxygens (including phenoxy) is 1. The van der Waals surface area contributed by atoms with Gasteiger partial charge in [-0.1, -0.05) is 54.8 Å². The number of benzene rings is 3. The van der Waals surface area contributed by atoms with Crippen LogP contribution in [-0.2, 0) is 26.2 Å². The van der Waals surface area contributed by atoms with Gasteiger partial charge in [-0.2, -0.15) is 0 Å². The van der Waals surface area contributed by atoms with Crippen LogP contribution in [-0.4, -0.2) is 50.9 Å². The summed E-state index contributed by atoms with van der Waals surface area (Å²) in [6.07, 6.45) is 1.73. The van der Waals surface area contributed by atoms with Crippen LogP contribution < -0.4 is 14.4 Å². The fraction of sp³-hybridized carbons (Fsp3) is 0.355. The molecule has 0 aliphatic heterocycles. The zero-order chi connectivity index (χ0) is 30.0. The SMILES string of the molecule is CCCCNC(=O)[C@H](C)N(Cc1ccc(C)cc1)C(=O)CN(c1ccc(OCC)cc1)S(=O)(=O)c1ccc(Cl)cc1. The van der Waals surface area contributed by atoms with E-state index in [2.05, 4.69) is 5.32 Å². The average molecular weight is 600 g/mol. The first kappa shape index (κ1) is 32.0. The Morgan fingerprint density at radius 3 is 2.17 bits per heavy atom. The van der Waals surface area contributed by atoms with E-state index in [1.165, 1.54) is 29.2 Å². The van der Waals surface area contributed by atoms with E-state index >= 15 is 0 Å². The third kappa shape index (κ3) is 8.71. The molecule has 10 heteroatoms. The molecule has 1 N–H and O–H groups in total. The van der Waals surface area contributed by atoms with Crippen molar-refractivity contribution in [3.8, 4) is 5.75 Å². The fourth-order valence-electron chi connectivity index (χ4n) is 4.15. The maximum Gasteiger partial charge on any atom is 0.264 e. The van der Waals surface area contributed by atoms with Crippen molar-refractivity contribution in [3.05, 3.63) is 88.9 Å². The molecule has 0 bridgehead atoms. The molecule has 0 saturated carbocycles. The molecule has 0 unspecified atom stereocenters. The van der Waals surface area contributed by atoms with Crippen LogP contribution in [0.5, 0.6) is 5.75 Å².